The number of hydrogen-bond donors (Lipinski definition) is 2. The Kier molecular flexibility index (Phi) is 3.69. The summed E-state index contributed by atoms with van der Waals surface area (Å²) >= 11 is 0. The van der Waals surface area contributed by atoms with Gasteiger partial charge in [0.15, 0.2) is 11.9 Å². The van der Waals surface area contributed by atoms with Gasteiger partial charge in [0, 0.05) is 6.42 Å². The Hall–Kier alpha value is -1.55. The van der Waals surface area contributed by atoms with Gasteiger partial charge in [-0.25, -0.2) is 5.84 Å². The number of hydrazine groups is 1. The summed E-state index contributed by atoms with van der Waals surface area (Å²) in [6, 6.07) is 8.55. The van der Waals surface area contributed by atoms with Gasteiger partial charge in [0.2, 0.25) is 0 Å². The van der Waals surface area contributed by atoms with Gasteiger partial charge in [-0.3, -0.25) is 4.99 Å². The number of nitrogens with one attached hydrogen (secondary N) is 1. The molecular weight excluding hydrogens is 238 g/mol. The van der Waals surface area contributed by atoms with Crippen molar-refractivity contribution in [3.8, 4) is 5.75 Å². The van der Waals surface area contributed by atoms with Gasteiger partial charge in [-0.2, -0.15) is 0 Å². The number of amidine groups is 1. The van der Waals surface area contributed by atoms with E-state index in [1.54, 1.807) is 0 Å². The van der Waals surface area contributed by atoms with Crippen molar-refractivity contribution in [1.82, 2.24) is 5.43 Å². The highest BCUT2D eigenvalue weighted by molar-refractivity contribution is 5.87. The molecule has 3 rings (SSSR count). The normalized spacial score (nSPS) is 23.8. The van der Waals surface area contributed by atoms with Crippen LogP contribution < -0.4 is 16.0 Å². The van der Waals surface area contributed by atoms with E-state index < -0.39 is 0 Å². The Bertz CT molecular complexity index is 441. The molecule has 102 valence electrons. The number of para-hydroxylation sites is 1. The predicted octanol–water partition coefficient (Wildman–Crippen LogP) is 2.18. The second-order valence-corrected chi connectivity index (χ2v) is 5.37. The van der Waals surface area contributed by atoms with Gasteiger partial charge in [-0.1, -0.05) is 37.5 Å². The summed E-state index contributed by atoms with van der Waals surface area (Å²) in [7, 11) is 0. The number of rotatable bonds is 2. The molecule has 1 aliphatic heterocycles. The van der Waals surface area contributed by atoms with E-state index in [1.807, 2.05) is 18.2 Å². The quantitative estimate of drug-likeness (QED) is 0.370. The van der Waals surface area contributed by atoms with Crippen LogP contribution in [0.1, 0.15) is 37.7 Å². The molecule has 0 saturated heterocycles. The largest absolute Gasteiger partial charge is 0.482 e. The highest BCUT2D eigenvalue weighted by Gasteiger charge is 2.27. The maximum Gasteiger partial charge on any atom is 0.161 e. The number of ether oxygens (including phenoxy) is 1. The number of nitrogens with zero attached hydrogens (tertiary/aromatic N) is 1. The fraction of sp³-hybridized carbons (Fsp3) is 0.533. The van der Waals surface area contributed by atoms with E-state index in [0.29, 0.717) is 6.04 Å². The lowest BCUT2D eigenvalue weighted by Crippen LogP contribution is -2.42. The molecule has 0 spiro atoms. The van der Waals surface area contributed by atoms with Crippen LogP contribution >= 0.6 is 0 Å². The van der Waals surface area contributed by atoms with Gasteiger partial charge in [-0.15, -0.1) is 0 Å². The van der Waals surface area contributed by atoms with Crippen molar-refractivity contribution in [2.75, 3.05) is 0 Å². The third-order valence-corrected chi connectivity index (χ3v) is 4.00. The first-order chi connectivity index (χ1) is 9.36. The Balaban J connectivity index is 1.72. The molecule has 19 heavy (non-hydrogen) atoms. The van der Waals surface area contributed by atoms with Gasteiger partial charge in [0.1, 0.15) is 5.75 Å². The minimum Gasteiger partial charge on any atom is -0.482 e. The monoisotopic (exact) mass is 259 g/mol. The van der Waals surface area contributed by atoms with E-state index in [2.05, 4.69) is 11.5 Å². The smallest absolute Gasteiger partial charge is 0.161 e. The molecule has 0 amide bonds. The first-order valence-electron chi connectivity index (χ1n) is 7.15. The number of aliphatic imine (C=N–C) groups is 1. The van der Waals surface area contributed by atoms with E-state index in [9.17, 15) is 0 Å². The maximum atomic E-state index is 5.93. The summed E-state index contributed by atoms with van der Waals surface area (Å²) in [4.78, 5) is 4.77. The Labute approximate surface area is 114 Å². The summed E-state index contributed by atoms with van der Waals surface area (Å²) in [5, 5.41) is 0. The number of hydrogen-bond acceptors (Lipinski definition) is 3. The van der Waals surface area contributed by atoms with E-state index in [-0.39, 0.29) is 6.10 Å². The van der Waals surface area contributed by atoms with Crippen molar-refractivity contribution >= 4 is 5.84 Å². The fourth-order valence-corrected chi connectivity index (χ4v) is 2.95. The van der Waals surface area contributed by atoms with Crippen molar-refractivity contribution in [3.05, 3.63) is 29.8 Å². The lowest BCUT2D eigenvalue weighted by Gasteiger charge is -2.21. The molecule has 4 nitrogen and oxygen atoms in total. The highest BCUT2D eigenvalue weighted by atomic mass is 16.5. The Morgan fingerprint density at radius 3 is 2.74 bits per heavy atom. The van der Waals surface area contributed by atoms with Gasteiger partial charge in [0.05, 0.1) is 6.04 Å². The van der Waals surface area contributed by atoms with Crippen LogP contribution in [0, 0.1) is 0 Å². The predicted molar refractivity (Wildman–Crippen MR) is 76.2 cm³/mol. The zero-order valence-corrected chi connectivity index (χ0v) is 11.1. The molecule has 4 heteroatoms. The van der Waals surface area contributed by atoms with Crippen LogP contribution in [0.25, 0.3) is 0 Å². The summed E-state index contributed by atoms with van der Waals surface area (Å²) in [5.41, 5.74) is 3.99. The minimum absolute atomic E-state index is 0.0515. The van der Waals surface area contributed by atoms with Crippen LogP contribution in [0.4, 0.5) is 0 Å². The van der Waals surface area contributed by atoms with Crippen LogP contribution in [0.5, 0.6) is 5.75 Å². The summed E-state index contributed by atoms with van der Waals surface area (Å²) < 4.78 is 5.93. The van der Waals surface area contributed by atoms with Crippen molar-refractivity contribution < 1.29 is 4.74 Å². The molecule has 1 saturated carbocycles. The standard InChI is InChI=1S/C15H21N3O/c16-18-15(17-12-7-2-1-3-8-12)14-10-11-6-4-5-9-13(11)19-14/h4-6,9,12,14H,1-3,7-8,10,16H2,(H,17,18). The molecule has 0 aromatic heterocycles. The lowest BCUT2D eigenvalue weighted by molar-refractivity contribution is 0.294. The summed E-state index contributed by atoms with van der Waals surface area (Å²) in [6.45, 7) is 0. The Morgan fingerprint density at radius 1 is 1.21 bits per heavy atom. The molecule has 1 fully saturated rings. The zero-order chi connectivity index (χ0) is 13.1. The summed E-state index contributed by atoms with van der Waals surface area (Å²) in [5.74, 6) is 7.40. The van der Waals surface area contributed by atoms with Crippen molar-refractivity contribution in [3.63, 3.8) is 0 Å². The van der Waals surface area contributed by atoms with Gasteiger partial charge in [0.25, 0.3) is 0 Å². The van der Waals surface area contributed by atoms with Crippen LogP contribution in [0.15, 0.2) is 29.3 Å². The van der Waals surface area contributed by atoms with E-state index in [4.69, 9.17) is 15.6 Å². The van der Waals surface area contributed by atoms with Crippen molar-refractivity contribution in [2.45, 2.75) is 50.7 Å². The average Bonchev–Trinajstić information content (AvgIpc) is 2.89. The van der Waals surface area contributed by atoms with E-state index in [0.717, 1.165) is 18.0 Å². The first-order valence-corrected chi connectivity index (χ1v) is 7.15. The summed E-state index contributed by atoms with van der Waals surface area (Å²) in [6.07, 6.45) is 7.03. The molecule has 1 aliphatic carbocycles. The molecule has 0 radical (unpaired) electrons. The number of nitrogens with two attached hydrogens (primary N) is 1. The maximum absolute atomic E-state index is 5.93. The van der Waals surface area contributed by atoms with Gasteiger partial charge in [-0.05, 0) is 24.5 Å². The van der Waals surface area contributed by atoms with Crippen molar-refractivity contribution in [2.24, 2.45) is 10.8 Å². The molecule has 2 aliphatic rings. The van der Waals surface area contributed by atoms with Crippen LogP contribution in [0.2, 0.25) is 0 Å². The SMILES string of the molecule is NNC(=NC1CCCCC1)C1Cc2ccccc2O1. The third kappa shape index (κ3) is 2.73. The van der Waals surface area contributed by atoms with Crippen LogP contribution in [-0.2, 0) is 6.42 Å². The topological polar surface area (TPSA) is 59.6 Å². The molecule has 1 aromatic carbocycles. The van der Waals surface area contributed by atoms with E-state index in [1.165, 1.54) is 37.7 Å². The molecule has 1 atom stereocenters. The third-order valence-electron chi connectivity index (χ3n) is 4.00. The fourth-order valence-electron chi connectivity index (χ4n) is 2.95. The number of benzene rings is 1. The second kappa shape index (κ2) is 5.61. The average molecular weight is 259 g/mol. The first kappa shape index (κ1) is 12.5. The minimum atomic E-state index is -0.0515. The number of fused-ring (bicyclic) bond motifs is 1. The molecule has 3 N–H and O–H groups in total. The van der Waals surface area contributed by atoms with Crippen LogP contribution in [0.3, 0.4) is 0 Å². The molecule has 1 unspecified atom stereocenters. The lowest BCUT2D eigenvalue weighted by atomic mass is 9.96. The van der Waals surface area contributed by atoms with E-state index >= 15 is 0 Å². The molecule has 0 bridgehead atoms. The van der Waals surface area contributed by atoms with Gasteiger partial charge >= 0.3 is 0 Å². The van der Waals surface area contributed by atoms with Crippen LogP contribution in [-0.4, -0.2) is 18.0 Å². The molecular formula is C15H21N3O. The van der Waals surface area contributed by atoms with Crippen molar-refractivity contribution in [1.29, 1.82) is 0 Å². The molecule has 1 aromatic rings. The van der Waals surface area contributed by atoms with Gasteiger partial charge < -0.3 is 10.2 Å². The highest BCUT2D eigenvalue weighted by Crippen LogP contribution is 2.29. The zero-order valence-electron chi connectivity index (χ0n) is 11.1. The molecule has 1 heterocycles. The second-order valence-electron chi connectivity index (χ2n) is 5.37. The Morgan fingerprint density at radius 2 is 2.00 bits per heavy atom.